The number of nitrogens with zero attached hydrogens (tertiary/aromatic N) is 1. The van der Waals surface area contributed by atoms with E-state index >= 15 is 0 Å². The lowest BCUT2D eigenvalue weighted by molar-refractivity contribution is -0.122. The lowest BCUT2D eigenvalue weighted by Gasteiger charge is -2.33. The maximum Gasteiger partial charge on any atom is 0.243 e. The molecule has 0 aliphatic heterocycles. The normalized spacial score (nSPS) is 16.4. The lowest BCUT2D eigenvalue weighted by Crippen LogP contribution is -2.47. The highest BCUT2D eigenvalue weighted by atomic mass is 35.5. The quantitative estimate of drug-likeness (QED) is 0.658. The van der Waals surface area contributed by atoms with Crippen molar-refractivity contribution in [2.45, 2.75) is 62.9 Å². The second-order valence-electron chi connectivity index (χ2n) is 8.00. The third-order valence-corrected chi connectivity index (χ3v) is 7.82. The number of nitrogens with one attached hydrogen (secondary N) is 1. The van der Waals surface area contributed by atoms with Crippen LogP contribution in [0.3, 0.4) is 0 Å². The lowest BCUT2D eigenvalue weighted by atomic mass is 9.95. The van der Waals surface area contributed by atoms with Gasteiger partial charge in [0, 0.05) is 11.1 Å². The standard InChI is InChI=1S/C23H29ClN2O3S/c1-17-8-14-22(15-9-17)30(28,29)26(21-6-4-3-5-7-21)16-23(27)25-18(2)19-10-12-20(24)13-11-19/h8-15,18,21H,3-7,16H2,1-2H3,(H,25,27)/t18-/m1/s1. The number of aryl methyl sites for hydroxylation is 1. The van der Waals surface area contributed by atoms with Crippen LogP contribution in [0.5, 0.6) is 0 Å². The summed E-state index contributed by atoms with van der Waals surface area (Å²) in [7, 11) is -3.76. The number of rotatable bonds is 7. The number of sulfonamides is 1. The van der Waals surface area contributed by atoms with E-state index in [-0.39, 0.29) is 29.4 Å². The zero-order chi connectivity index (χ0) is 21.7. The van der Waals surface area contributed by atoms with Crippen LogP contribution >= 0.6 is 11.6 Å². The zero-order valence-corrected chi connectivity index (χ0v) is 19.0. The summed E-state index contributed by atoms with van der Waals surface area (Å²) in [6.07, 6.45) is 4.63. The summed E-state index contributed by atoms with van der Waals surface area (Å²) in [6.45, 7) is 3.61. The van der Waals surface area contributed by atoms with E-state index in [4.69, 9.17) is 11.6 Å². The van der Waals surface area contributed by atoms with Crippen molar-refractivity contribution in [2.24, 2.45) is 0 Å². The molecule has 7 heteroatoms. The van der Waals surface area contributed by atoms with E-state index in [1.165, 1.54) is 4.31 Å². The Bertz CT molecular complexity index is 953. The summed E-state index contributed by atoms with van der Waals surface area (Å²) in [5.41, 5.74) is 1.91. The van der Waals surface area contributed by atoms with E-state index in [0.29, 0.717) is 5.02 Å². The Kier molecular flexibility index (Phi) is 7.55. The van der Waals surface area contributed by atoms with Gasteiger partial charge in [-0.25, -0.2) is 8.42 Å². The largest absolute Gasteiger partial charge is 0.348 e. The minimum Gasteiger partial charge on any atom is -0.348 e. The number of carbonyl (C=O) groups is 1. The highest BCUT2D eigenvalue weighted by Crippen LogP contribution is 2.28. The van der Waals surface area contributed by atoms with Crippen molar-refractivity contribution in [1.82, 2.24) is 9.62 Å². The SMILES string of the molecule is Cc1ccc(S(=O)(=O)N(CC(=O)N[C@H](C)c2ccc(Cl)cc2)C2CCCCC2)cc1. The van der Waals surface area contributed by atoms with Crippen LogP contribution in [0.4, 0.5) is 0 Å². The molecule has 1 N–H and O–H groups in total. The van der Waals surface area contributed by atoms with E-state index in [1.807, 2.05) is 26.0 Å². The summed E-state index contributed by atoms with van der Waals surface area (Å²) >= 11 is 5.93. The minimum absolute atomic E-state index is 0.151. The molecule has 162 valence electrons. The van der Waals surface area contributed by atoms with Gasteiger partial charge in [0.15, 0.2) is 0 Å². The summed E-state index contributed by atoms with van der Waals surface area (Å²) in [6, 6.07) is 13.7. The molecule has 3 rings (SSSR count). The molecule has 1 saturated carbocycles. The Morgan fingerprint density at radius 1 is 1.07 bits per heavy atom. The van der Waals surface area contributed by atoms with Gasteiger partial charge in [0.1, 0.15) is 0 Å². The van der Waals surface area contributed by atoms with Gasteiger partial charge in [0.05, 0.1) is 17.5 Å². The first kappa shape index (κ1) is 22.8. The van der Waals surface area contributed by atoms with Crippen molar-refractivity contribution in [3.8, 4) is 0 Å². The van der Waals surface area contributed by atoms with Crippen LogP contribution in [0.2, 0.25) is 5.02 Å². The Balaban J connectivity index is 1.79. The van der Waals surface area contributed by atoms with E-state index < -0.39 is 10.0 Å². The average molecular weight is 449 g/mol. The maximum atomic E-state index is 13.4. The number of amides is 1. The molecule has 0 radical (unpaired) electrons. The van der Waals surface area contributed by atoms with Crippen molar-refractivity contribution >= 4 is 27.5 Å². The van der Waals surface area contributed by atoms with Crippen LogP contribution in [-0.2, 0) is 14.8 Å². The molecule has 0 aromatic heterocycles. The van der Waals surface area contributed by atoms with Gasteiger partial charge in [-0.1, -0.05) is 60.7 Å². The fourth-order valence-electron chi connectivity index (χ4n) is 3.89. The molecule has 5 nitrogen and oxygen atoms in total. The molecule has 0 unspecified atom stereocenters. The van der Waals surface area contributed by atoms with Crippen LogP contribution < -0.4 is 5.32 Å². The molecule has 30 heavy (non-hydrogen) atoms. The molecule has 0 heterocycles. The van der Waals surface area contributed by atoms with E-state index in [0.717, 1.165) is 43.2 Å². The van der Waals surface area contributed by atoms with Gasteiger partial charge in [0.2, 0.25) is 15.9 Å². The molecule has 1 aliphatic rings. The second-order valence-corrected chi connectivity index (χ2v) is 10.3. The minimum atomic E-state index is -3.76. The van der Waals surface area contributed by atoms with Crippen LogP contribution in [0.25, 0.3) is 0 Å². The molecular formula is C23H29ClN2O3S. The zero-order valence-electron chi connectivity index (χ0n) is 17.5. The smallest absolute Gasteiger partial charge is 0.243 e. The fourth-order valence-corrected chi connectivity index (χ4v) is 5.66. The summed E-state index contributed by atoms with van der Waals surface area (Å²) in [4.78, 5) is 13.1. The first-order chi connectivity index (χ1) is 14.3. The second kappa shape index (κ2) is 9.94. The predicted octanol–water partition coefficient (Wildman–Crippen LogP) is 4.85. The van der Waals surface area contributed by atoms with Crippen molar-refractivity contribution < 1.29 is 13.2 Å². The Labute approximate surface area is 184 Å². The summed E-state index contributed by atoms with van der Waals surface area (Å²) in [5, 5.41) is 3.56. The van der Waals surface area contributed by atoms with Gasteiger partial charge in [-0.3, -0.25) is 4.79 Å². The molecule has 1 aliphatic carbocycles. The molecule has 2 aromatic carbocycles. The van der Waals surface area contributed by atoms with Gasteiger partial charge < -0.3 is 5.32 Å². The molecule has 0 saturated heterocycles. The first-order valence-electron chi connectivity index (χ1n) is 10.4. The summed E-state index contributed by atoms with van der Waals surface area (Å²) < 4.78 is 28.2. The van der Waals surface area contributed by atoms with Crippen LogP contribution in [-0.4, -0.2) is 31.2 Å². The molecular weight excluding hydrogens is 420 g/mol. The monoisotopic (exact) mass is 448 g/mol. The molecule has 1 amide bonds. The van der Waals surface area contributed by atoms with Gasteiger partial charge in [-0.05, 0) is 56.5 Å². The van der Waals surface area contributed by atoms with Gasteiger partial charge in [-0.2, -0.15) is 4.31 Å². The van der Waals surface area contributed by atoms with Gasteiger partial charge in [-0.15, -0.1) is 0 Å². The van der Waals surface area contributed by atoms with Crippen molar-refractivity contribution in [1.29, 1.82) is 0 Å². The summed E-state index contributed by atoms with van der Waals surface area (Å²) in [5.74, 6) is -0.307. The number of carbonyl (C=O) groups excluding carboxylic acids is 1. The Hall–Kier alpha value is -1.89. The van der Waals surface area contributed by atoms with Gasteiger partial charge in [0.25, 0.3) is 0 Å². The van der Waals surface area contributed by atoms with Crippen molar-refractivity contribution in [2.75, 3.05) is 6.54 Å². The topological polar surface area (TPSA) is 66.5 Å². The number of halogens is 1. The highest BCUT2D eigenvalue weighted by Gasteiger charge is 2.34. The maximum absolute atomic E-state index is 13.4. The Morgan fingerprint density at radius 2 is 1.67 bits per heavy atom. The number of benzene rings is 2. The molecule has 0 spiro atoms. The highest BCUT2D eigenvalue weighted by molar-refractivity contribution is 7.89. The molecule has 1 atom stereocenters. The molecule has 1 fully saturated rings. The van der Waals surface area contributed by atoms with Crippen molar-refractivity contribution in [3.63, 3.8) is 0 Å². The third-order valence-electron chi connectivity index (χ3n) is 5.66. The molecule has 2 aromatic rings. The van der Waals surface area contributed by atoms with Gasteiger partial charge >= 0.3 is 0 Å². The van der Waals surface area contributed by atoms with E-state index in [1.54, 1.807) is 36.4 Å². The number of hydrogen-bond acceptors (Lipinski definition) is 3. The fraction of sp³-hybridized carbons (Fsp3) is 0.435. The van der Waals surface area contributed by atoms with Crippen LogP contribution in [0.15, 0.2) is 53.4 Å². The predicted molar refractivity (Wildman–Crippen MR) is 120 cm³/mol. The van der Waals surface area contributed by atoms with Crippen LogP contribution in [0, 0.1) is 6.92 Å². The first-order valence-corrected chi connectivity index (χ1v) is 12.2. The van der Waals surface area contributed by atoms with E-state index in [2.05, 4.69) is 5.32 Å². The van der Waals surface area contributed by atoms with E-state index in [9.17, 15) is 13.2 Å². The average Bonchev–Trinajstić information content (AvgIpc) is 2.73. The van der Waals surface area contributed by atoms with Crippen molar-refractivity contribution in [3.05, 3.63) is 64.7 Å². The Morgan fingerprint density at radius 3 is 2.27 bits per heavy atom. The number of hydrogen-bond donors (Lipinski definition) is 1. The third kappa shape index (κ3) is 5.62. The van der Waals surface area contributed by atoms with Crippen LogP contribution in [0.1, 0.15) is 56.2 Å². The molecule has 0 bridgehead atoms.